The fourth-order valence-electron chi connectivity index (χ4n) is 2.11. The van der Waals surface area contributed by atoms with Crippen LogP contribution in [0.2, 0.25) is 5.02 Å². The van der Waals surface area contributed by atoms with Gasteiger partial charge in [-0.2, -0.15) is 0 Å². The van der Waals surface area contributed by atoms with Crippen molar-refractivity contribution in [1.29, 1.82) is 0 Å². The molecule has 0 spiro atoms. The van der Waals surface area contributed by atoms with Gasteiger partial charge >= 0.3 is 5.97 Å². The zero-order valence-electron chi connectivity index (χ0n) is 11.8. The molecule has 114 valence electrons. The minimum Gasteiger partial charge on any atom is -0.495 e. The predicted octanol–water partition coefficient (Wildman–Crippen LogP) is 1.58. The van der Waals surface area contributed by atoms with Gasteiger partial charge in [-0.3, -0.25) is 4.79 Å². The average molecular weight is 313 g/mol. The average Bonchev–Trinajstić information content (AvgIpc) is 2.74. The molecule has 21 heavy (non-hydrogen) atoms. The summed E-state index contributed by atoms with van der Waals surface area (Å²) in [7, 11) is 1.53. The minimum absolute atomic E-state index is 0.00879. The van der Waals surface area contributed by atoms with Crippen molar-refractivity contribution in [3.63, 3.8) is 0 Å². The predicted molar refractivity (Wildman–Crippen MR) is 78.6 cm³/mol. The second-order valence-electron chi connectivity index (χ2n) is 4.80. The molecule has 0 saturated carbocycles. The van der Waals surface area contributed by atoms with Crippen LogP contribution in [-0.2, 0) is 14.3 Å². The van der Waals surface area contributed by atoms with Crippen molar-refractivity contribution in [3.8, 4) is 5.75 Å². The van der Waals surface area contributed by atoms with Crippen LogP contribution in [0.15, 0.2) is 18.2 Å². The van der Waals surface area contributed by atoms with Crippen LogP contribution in [-0.4, -0.2) is 37.7 Å². The van der Waals surface area contributed by atoms with Crippen molar-refractivity contribution in [3.05, 3.63) is 23.2 Å². The fourth-order valence-corrected chi connectivity index (χ4v) is 2.29. The van der Waals surface area contributed by atoms with Crippen LogP contribution in [0.25, 0.3) is 0 Å². The van der Waals surface area contributed by atoms with Gasteiger partial charge in [-0.15, -0.1) is 0 Å². The number of anilines is 1. The van der Waals surface area contributed by atoms with Crippen LogP contribution < -0.4 is 15.4 Å². The number of rotatable bonds is 5. The van der Waals surface area contributed by atoms with E-state index < -0.39 is 12.0 Å². The van der Waals surface area contributed by atoms with Gasteiger partial charge in [0, 0.05) is 11.4 Å². The SMILES string of the molecule is COc1ccc(Cl)cc1NCC(=O)NC1CC(C)OC1=O. The maximum Gasteiger partial charge on any atom is 0.329 e. The van der Waals surface area contributed by atoms with E-state index in [1.54, 1.807) is 25.1 Å². The summed E-state index contributed by atoms with van der Waals surface area (Å²) in [5.41, 5.74) is 0.613. The Hall–Kier alpha value is -1.95. The first-order valence-electron chi connectivity index (χ1n) is 6.57. The molecule has 1 heterocycles. The van der Waals surface area contributed by atoms with E-state index in [4.69, 9.17) is 21.1 Å². The molecule has 7 heteroatoms. The van der Waals surface area contributed by atoms with E-state index in [-0.39, 0.29) is 18.6 Å². The largest absolute Gasteiger partial charge is 0.495 e. The fraction of sp³-hybridized carbons (Fsp3) is 0.429. The molecule has 0 radical (unpaired) electrons. The number of hydrogen-bond acceptors (Lipinski definition) is 5. The lowest BCUT2D eigenvalue weighted by Crippen LogP contribution is -2.41. The first-order chi connectivity index (χ1) is 9.99. The number of ether oxygens (including phenoxy) is 2. The Kier molecular flexibility index (Phi) is 4.90. The molecule has 0 aromatic heterocycles. The lowest BCUT2D eigenvalue weighted by molar-refractivity contribution is -0.143. The Morgan fingerprint density at radius 3 is 2.90 bits per heavy atom. The number of halogens is 1. The molecule has 1 saturated heterocycles. The van der Waals surface area contributed by atoms with Crippen LogP contribution in [0.1, 0.15) is 13.3 Å². The van der Waals surface area contributed by atoms with E-state index >= 15 is 0 Å². The molecule has 2 atom stereocenters. The molecule has 1 fully saturated rings. The van der Waals surface area contributed by atoms with Gasteiger partial charge in [0.1, 0.15) is 17.9 Å². The second kappa shape index (κ2) is 6.67. The summed E-state index contributed by atoms with van der Waals surface area (Å²) in [6.07, 6.45) is 0.328. The molecule has 1 aliphatic rings. The van der Waals surface area contributed by atoms with E-state index in [0.717, 1.165) is 0 Å². The first-order valence-corrected chi connectivity index (χ1v) is 6.94. The standard InChI is InChI=1S/C14H17ClN2O4/c1-8-5-11(14(19)21-8)17-13(18)7-16-10-6-9(15)3-4-12(10)20-2/h3-4,6,8,11,16H,5,7H2,1-2H3,(H,17,18). The Bertz CT molecular complexity index is 550. The van der Waals surface area contributed by atoms with Crippen molar-refractivity contribution in [2.45, 2.75) is 25.5 Å². The van der Waals surface area contributed by atoms with Gasteiger partial charge in [-0.25, -0.2) is 4.79 Å². The molecule has 1 aliphatic heterocycles. The summed E-state index contributed by atoms with van der Waals surface area (Å²) in [4.78, 5) is 23.3. The minimum atomic E-state index is -0.574. The van der Waals surface area contributed by atoms with E-state index in [9.17, 15) is 9.59 Å². The Morgan fingerprint density at radius 2 is 2.29 bits per heavy atom. The third kappa shape index (κ3) is 4.01. The van der Waals surface area contributed by atoms with Gasteiger partial charge in [0.05, 0.1) is 19.3 Å². The number of carbonyl (C=O) groups is 2. The van der Waals surface area contributed by atoms with Gasteiger partial charge in [0.25, 0.3) is 0 Å². The monoisotopic (exact) mass is 312 g/mol. The highest BCUT2D eigenvalue weighted by Crippen LogP contribution is 2.27. The normalized spacial score (nSPS) is 20.8. The number of benzene rings is 1. The van der Waals surface area contributed by atoms with Crippen molar-refractivity contribution >= 4 is 29.2 Å². The molecular weight excluding hydrogens is 296 g/mol. The van der Waals surface area contributed by atoms with Gasteiger partial charge in [0.2, 0.25) is 5.91 Å². The van der Waals surface area contributed by atoms with Gasteiger partial charge in [-0.1, -0.05) is 11.6 Å². The number of hydrogen-bond donors (Lipinski definition) is 2. The maximum absolute atomic E-state index is 11.9. The van der Waals surface area contributed by atoms with E-state index in [2.05, 4.69) is 10.6 Å². The van der Waals surface area contributed by atoms with Crippen molar-refractivity contribution in [2.75, 3.05) is 19.0 Å². The summed E-state index contributed by atoms with van der Waals surface area (Å²) in [5, 5.41) is 6.10. The van der Waals surface area contributed by atoms with Crippen molar-refractivity contribution in [1.82, 2.24) is 5.32 Å². The van der Waals surface area contributed by atoms with E-state index in [0.29, 0.717) is 22.9 Å². The third-order valence-electron chi connectivity index (χ3n) is 3.11. The van der Waals surface area contributed by atoms with Gasteiger partial charge in [-0.05, 0) is 25.1 Å². The molecule has 1 aromatic rings. The number of nitrogens with one attached hydrogen (secondary N) is 2. The summed E-state index contributed by atoms with van der Waals surface area (Å²) in [6, 6.07) is 4.50. The van der Waals surface area contributed by atoms with Crippen LogP contribution in [0.3, 0.4) is 0 Å². The zero-order chi connectivity index (χ0) is 15.4. The summed E-state index contributed by atoms with van der Waals surface area (Å²) in [6.45, 7) is 1.80. The zero-order valence-corrected chi connectivity index (χ0v) is 12.6. The van der Waals surface area contributed by atoms with Gasteiger partial charge < -0.3 is 20.1 Å². The first kappa shape index (κ1) is 15.4. The lowest BCUT2D eigenvalue weighted by atomic mass is 10.2. The molecular formula is C14H17ClN2O4. The molecule has 0 bridgehead atoms. The number of carbonyl (C=O) groups excluding carboxylic acids is 2. The molecule has 1 aromatic carbocycles. The third-order valence-corrected chi connectivity index (χ3v) is 3.34. The molecule has 6 nitrogen and oxygen atoms in total. The highest BCUT2D eigenvalue weighted by molar-refractivity contribution is 6.30. The van der Waals surface area contributed by atoms with Crippen molar-refractivity contribution in [2.24, 2.45) is 0 Å². The summed E-state index contributed by atoms with van der Waals surface area (Å²) >= 11 is 5.90. The summed E-state index contributed by atoms with van der Waals surface area (Å²) in [5.74, 6) is -0.106. The second-order valence-corrected chi connectivity index (χ2v) is 5.24. The Labute approximate surface area is 127 Å². The number of esters is 1. The van der Waals surface area contributed by atoms with E-state index in [1.807, 2.05) is 0 Å². The molecule has 0 aliphatic carbocycles. The summed E-state index contributed by atoms with van der Waals surface area (Å²) < 4.78 is 10.1. The highest BCUT2D eigenvalue weighted by Gasteiger charge is 2.32. The smallest absolute Gasteiger partial charge is 0.329 e. The molecule has 2 rings (SSSR count). The Morgan fingerprint density at radius 1 is 1.52 bits per heavy atom. The molecule has 2 N–H and O–H groups in total. The number of methoxy groups -OCH3 is 1. The Balaban J connectivity index is 1.89. The molecule has 1 amide bonds. The van der Waals surface area contributed by atoms with Crippen LogP contribution >= 0.6 is 11.6 Å². The molecule has 2 unspecified atom stereocenters. The highest BCUT2D eigenvalue weighted by atomic mass is 35.5. The van der Waals surface area contributed by atoms with Crippen molar-refractivity contribution < 1.29 is 19.1 Å². The van der Waals surface area contributed by atoms with E-state index in [1.165, 1.54) is 7.11 Å². The van der Waals surface area contributed by atoms with Crippen LogP contribution in [0.4, 0.5) is 5.69 Å². The van der Waals surface area contributed by atoms with Crippen LogP contribution in [0, 0.1) is 0 Å². The maximum atomic E-state index is 11.9. The van der Waals surface area contributed by atoms with Gasteiger partial charge in [0.15, 0.2) is 0 Å². The number of amides is 1. The van der Waals surface area contributed by atoms with Crippen LogP contribution in [0.5, 0.6) is 5.75 Å². The lowest BCUT2D eigenvalue weighted by Gasteiger charge is -2.13. The quantitative estimate of drug-likeness (QED) is 0.807. The topological polar surface area (TPSA) is 76.7 Å². The number of cyclic esters (lactones) is 1.